The molecule has 2 aromatic carbocycles. The van der Waals surface area contributed by atoms with Crippen LogP contribution in [0.3, 0.4) is 0 Å². The maximum atomic E-state index is 6.27. The molecule has 1 heterocycles. The van der Waals surface area contributed by atoms with E-state index in [1.54, 1.807) is 18.4 Å². The van der Waals surface area contributed by atoms with Crippen LogP contribution in [0.4, 0.5) is 0 Å². The largest absolute Gasteiger partial charge is 0.497 e. The Labute approximate surface area is 134 Å². The number of nitrogens with two attached hydrogens (primary N) is 1. The van der Waals surface area contributed by atoms with Gasteiger partial charge in [-0.3, -0.25) is 0 Å². The Morgan fingerprint density at radius 2 is 1.95 bits per heavy atom. The van der Waals surface area contributed by atoms with Gasteiger partial charge < -0.3 is 10.5 Å². The van der Waals surface area contributed by atoms with E-state index in [2.05, 4.69) is 17.5 Å². The van der Waals surface area contributed by atoms with Crippen molar-refractivity contribution in [3.63, 3.8) is 0 Å². The van der Waals surface area contributed by atoms with Crippen molar-refractivity contribution >= 4 is 11.3 Å². The Morgan fingerprint density at radius 3 is 2.73 bits per heavy atom. The van der Waals surface area contributed by atoms with Crippen molar-refractivity contribution in [1.82, 2.24) is 4.98 Å². The summed E-state index contributed by atoms with van der Waals surface area (Å²) in [6.45, 7) is 0. The van der Waals surface area contributed by atoms with Crippen LogP contribution in [0, 0.1) is 0 Å². The van der Waals surface area contributed by atoms with Crippen molar-refractivity contribution in [2.24, 2.45) is 5.73 Å². The summed E-state index contributed by atoms with van der Waals surface area (Å²) in [5, 5.41) is 3.12. The van der Waals surface area contributed by atoms with Gasteiger partial charge in [0.25, 0.3) is 0 Å². The number of methoxy groups -OCH3 is 1. The molecule has 3 aromatic rings. The molecule has 0 spiro atoms. The van der Waals surface area contributed by atoms with E-state index in [4.69, 9.17) is 15.5 Å². The summed E-state index contributed by atoms with van der Waals surface area (Å²) < 4.78 is 5.26. The average Bonchev–Trinajstić information content (AvgIpc) is 3.04. The Bertz CT molecular complexity index is 740. The number of ether oxygens (including phenoxy) is 1. The molecule has 0 amide bonds. The van der Waals surface area contributed by atoms with E-state index in [1.165, 1.54) is 0 Å². The molecule has 0 bridgehead atoms. The highest BCUT2D eigenvalue weighted by molar-refractivity contribution is 7.09. The van der Waals surface area contributed by atoms with Crippen LogP contribution in [0.1, 0.15) is 16.6 Å². The van der Waals surface area contributed by atoms with Gasteiger partial charge in [-0.05, 0) is 17.7 Å². The van der Waals surface area contributed by atoms with E-state index in [-0.39, 0.29) is 6.04 Å². The predicted octanol–water partition coefficient (Wildman–Crippen LogP) is 4.06. The van der Waals surface area contributed by atoms with Gasteiger partial charge in [0.15, 0.2) is 0 Å². The van der Waals surface area contributed by atoms with Crippen molar-refractivity contribution in [3.05, 3.63) is 70.5 Å². The lowest BCUT2D eigenvalue weighted by molar-refractivity contribution is 0.415. The maximum Gasteiger partial charge on any atom is 0.119 e. The molecule has 1 atom stereocenters. The lowest BCUT2D eigenvalue weighted by atomic mass is 10.1. The van der Waals surface area contributed by atoms with E-state index >= 15 is 0 Å². The van der Waals surface area contributed by atoms with Crippen molar-refractivity contribution in [3.8, 4) is 17.0 Å². The van der Waals surface area contributed by atoms with E-state index in [1.807, 2.05) is 42.5 Å². The third kappa shape index (κ3) is 3.35. The first-order valence-electron chi connectivity index (χ1n) is 7.15. The van der Waals surface area contributed by atoms with Gasteiger partial charge in [0.2, 0.25) is 0 Å². The fourth-order valence-corrected chi connectivity index (χ4v) is 3.19. The second kappa shape index (κ2) is 6.73. The van der Waals surface area contributed by atoms with Crippen molar-refractivity contribution in [2.75, 3.05) is 7.11 Å². The fourth-order valence-electron chi connectivity index (χ4n) is 2.33. The Kier molecular flexibility index (Phi) is 4.51. The van der Waals surface area contributed by atoms with Gasteiger partial charge in [0.05, 0.1) is 17.8 Å². The van der Waals surface area contributed by atoms with E-state index in [9.17, 15) is 0 Å². The molecule has 22 heavy (non-hydrogen) atoms. The summed E-state index contributed by atoms with van der Waals surface area (Å²) in [5.41, 5.74) is 9.44. The third-order valence-electron chi connectivity index (χ3n) is 3.54. The Balaban J connectivity index is 1.76. The molecule has 3 rings (SSSR count). The highest BCUT2D eigenvalue weighted by atomic mass is 32.1. The molecule has 0 saturated carbocycles. The summed E-state index contributed by atoms with van der Waals surface area (Å²) in [6.07, 6.45) is 0.749. The minimum Gasteiger partial charge on any atom is -0.497 e. The first-order valence-corrected chi connectivity index (χ1v) is 8.03. The van der Waals surface area contributed by atoms with Gasteiger partial charge in [-0.2, -0.15) is 0 Å². The molecule has 112 valence electrons. The van der Waals surface area contributed by atoms with Gasteiger partial charge in [0.1, 0.15) is 5.75 Å². The fraction of sp³-hybridized carbons (Fsp3) is 0.167. The van der Waals surface area contributed by atoms with Crippen LogP contribution < -0.4 is 10.5 Å². The van der Waals surface area contributed by atoms with Crippen LogP contribution in [0.2, 0.25) is 0 Å². The van der Waals surface area contributed by atoms with Gasteiger partial charge in [-0.1, -0.05) is 42.5 Å². The SMILES string of the molecule is COc1cccc(-c2csc(CC(N)c3ccccc3)n2)c1. The van der Waals surface area contributed by atoms with Gasteiger partial charge in [-0.15, -0.1) is 11.3 Å². The zero-order valence-corrected chi connectivity index (χ0v) is 13.2. The molecule has 0 saturated heterocycles. The minimum absolute atomic E-state index is 0.0227. The number of aromatic nitrogens is 1. The molecule has 0 aliphatic heterocycles. The first-order chi connectivity index (χ1) is 10.8. The van der Waals surface area contributed by atoms with Crippen LogP contribution >= 0.6 is 11.3 Å². The molecule has 1 aromatic heterocycles. The predicted molar refractivity (Wildman–Crippen MR) is 91.2 cm³/mol. The lowest BCUT2D eigenvalue weighted by Gasteiger charge is -2.09. The summed E-state index contributed by atoms with van der Waals surface area (Å²) in [4.78, 5) is 4.70. The normalized spacial score (nSPS) is 12.1. The number of nitrogens with zero attached hydrogens (tertiary/aromatic N) is 1. The number of hydrogen-bond acceptors (Lipinski definition) is 4. The number of hydrogen-bond donors (Lipinski definition) is 1. The highest BCUT2D eigenvalue weighted by Crippen LogP contribution is 2.27. The Morgan fingerprint density at radius 1 is 1.14 bits per heavy atom. The monoisotopic (exact) mass is 310 g/mol. The first kappa shape index (κ1) is 14.8. The van der Waals surface area contributed by atoms with Crippen LogP contribution in [-0.2, 0) is 6.42 Å². The Hall–Kier alpha value is -2.17. The topological polar surface area (TPSA) is 48.1 Å². The zero-order valence-electron chi connectivity index (χ0n) is 12.4. The van der Waals surface area contributed by atoms with Gasteiger partial charge in [0, 0.05) is 23.4 Å². The quantitative estimate of drug-likeness (QED) is 0.773. The second-order valence-corrected chi connectivity index (χ2v) is 6.02. The molecule has 0 radical (unpaired) electrons. The minimum atomic E-state index is -0.0227. The van der Waals surface area contributed by atoms with Crippen LogP contribution in [0.25, 0.3) is 11.3 Å². The average molecular weight is 310 g/mol. The number of benzene rings is 2. The molecule has 0 fully saturated rings. The van der Waals surface area contributed by atoms with Crippen molar-refractivity contribution < 1.29 is 4.74 Å². The van der Waals surface area contributed by atoms with Gasteiger partial charge >= 0.3 is 0 Å². The molecular weight excluding hydrogens is 292 g/mol. The van der Waals surface area contributed by atoms with E-state index < -0.39 is 0 Å². The van der Waals surface area contributed by atoms with Crippen LogP contribution in [0.15, 0.2) is 60.0 Å². The molecule has 0 aliphatic rings. The maximum absolute atomic E-state index is 6.27. The van der Waals surface area contributed by atoms with Crippen molar-refractivity contribution in [2.45, 2.75) is 12.5 Å². The van der Waals surface area contributed by atoms with E-state index in [0.717, 1.165) is 34.0 Å². The molecular formula is C18H18N2OS. The number of thiazole rings is 1. The summed E-state index contributed by atoms with van der Waals surface area (Å²) in [5.74, 6) is 0.841. The van der Waals surface area contributed by atoms with Crippen LogP contribution in [-0.4, -0.2) is 12.1 Å². The molecule has 3 nitrogen and oxygen atoms in total. The molecule has 2 N–H and O–H groups in total. The van der Waals surface area contributed by atoms with E-state index in [0.29, 0.717) is 0 Å². The van der Waals surface area contributed by atoms with Crippen molar-refractivity contribution in [1.29, 1.82) is 0 Å². The standard InChI is InChI=1S/C18H18N2OS/c1-21-15-9-5-8-14(10-15)17-12-22-18(20-17)11-16(19)13-6-3-2-4-7-13/h2-10,12,16H,11,19H2,1H3. The lowest BCUT2D eigenvalue weighted by Crippen LogP contribution is -2.12. The van der Waals surface area contributed by atoms with Crippen LogP contribution in [0.5, 0.6) is 5.75 Å². The zero-order chi connectivity index (χ0) is 15.4. The molecule has 4 heteroatoms. The molecule has 1 unspecified atom stereocenters. The van der Waals surface area contributed by atoms with Gasteiger partial charge in [-0.25, -0.2) is 4.98 Å². The molecule has 0 aliphatic carbocycles. The second-order valence-electron chi connectivity index (χ2n) is 5.08. The smallest absolute Gasteiger partial charge is 0.119 e. The summed E-state index contributed by atoms with van der Waals surface area (Å²) >= 11 is 1.65. The summed E-state index contributed by atoms with van der Waals surface area (Å²) in [6, 6.07) is 18.1. The highest BCUT2D eigenvalue weighted by Gasteiger charge is 2.11. The third-order valence-corrected chi connectivity index (χ3v) is 4.41. The summed E-state index contributed by atoms with van der Waals surface area (Å²) in [7, 11) is 1.67. The number of rotatable bonds is 5.